The van der Waals surface area contributed by atoms with E-state index >= 15 is 0 Å². The van der Waals surface area contributed by atoms with Crippen LogP contribution in [0.1, 0.15) is 46.6 Å². The Kier molecular flexibility index (Phi) is 4.91. The van der Waals surface area contributed by atoms with Gasteiger partial charge in [0.05, 0.1) is 22.6 Å². The van der Waals surface area contributed by atoms with Crippen molar-refractivity contribution in [3.05, 3.63) is 58.8 Å². The van der Waals surface area contributed by atoms with E-state index in [1.54, 1.807) is 18.2 Å². The first-order valence-corrected chi connectivity index (χ1v) is 10.8. The minimum absolute atomic E-state index is 0.217. The standard InChI is InChI=1S/C24H24N6O2/c1-13-7-18(14(2)27-19-6-4-3-5-17(19)24(31)32)22-20(8-13)28-21(10-25)23(29-22)30-15-9-16(30)12-26-11-15/h3-8,14-16,26-27H,9,11-12H2,1-2H3,(H,31,32)/t14-,15?,16?/m1/s1. The number of hydrogen-bond donors (Lipinski definition) is 3. The maximum atomic E-state index is 11.6. The number of nitrogens with zero attached hydrogens (tertiary/aromatic N) is 4. The van der Waals surface area contributed by atoms with Gasteiger partial charge in [-0.2, -0.15) is 5.26 Å². The van der Waals surface area contributed by atoms with Gasteiger partial charge in [0.1, 0.15) is 6.07 Å². The van der Waals surface area contributed by atoms with Crippen molar-refractivity contribution in [1.29, 1.82) is 5.26 Å². The molecule has 2 fully saturated rings. The summed E-state index contributed by atoms with van der Waals surface area (Å²) < 4.78 is 0. The van der Waals surface area contributed by atoms with E-state index in [-0.39, 0.29) is 11.6 Å². The fourth-order valence-corrected chi connectivity index (χ4v) is 4.84. The summed E-state index contributed by atoms with van der Waals surface area (Å²) in [5.41, 5.74) is 4.44. The van der Waals surface area contributed by atoms with Crippen LogP contribution in [-0.2, 0) is 0 Å². The number of nitrogens with one attached hydrogen (secondary N) is 2. The Labute approximate surface area is 185 Å². The number of piperidine rings is 1. The normalized spacial score (nSPS) is 20.3. The second-order valence-corrected chi connectivity index (χ2v) is 8.56. The zero-order valence-corrected chi connectivity index (χ0v) is 18.0. The van der Waals surface area contributed by atoms with E-state index in [1.165, 1.54) is 0 Å². The van der Waals surface area contributed by atoms with Crippen molar-refractivity contribution in [3.8, 4) is 6.07 Å². The van der Waals surface area contributed by atoms with Crippen LogP contribution >= 0.6 is 0 Å². The Morgan fingerprint density at radius 2 is 2.03 bits per heavy atom. The molecule has 3 N–H and O–H groups in total. The summed E-state index contributed by atoms with van der Waals surface area (Å²) in [6.07, 6.45) is 1.10. The zero-order chi connectivity index (χ0) is 22.4. The molecule has 3 aromatic rings. The van der Waals surface area contributed by atoms with Gasteiger partial charge in [-0.3, -0.25) is 0 Å². The molecule has 162 valence electrons. The van der Waals surface area contributed by atoms with E-state index in [0.717, 1.165) is 36.2 Å². The van der Waals surface area contributed by atoms with E-state index in [4.69, 9.17) is 4.98 Å². The molecular weight excluding hydrogens is 404 g/mol. The average molecular weight is 428 g/mol. The second kappa shape index (κ2) is 7.77. The number of benzene rings is 2. The van der Waals surface area contributed by atoms with Gasteiger partial charge in [-0.05, 0) is 44.0 Å². The highest BCUT2D eigenvalue weighted by Crippen LogP contribution is 2.37. The van der Waals surface area contributed by atoms with Crippen LogP contribution in [0.2, 0.25) is 0 Å². The minimum Gasteiger partial charge on any atom is -0.478 e. The van der Waals surface area contributed by atoms with Crippen LogP contribution in [0.3, 0.4) is 0 Å². The van der Waals surface area contributed by atoms with Gasteiger partial charge in [-0.25, -0.2) is 14.8 Å². The molecule has 3 atom stereocenters. The largest absolute Gasteiger partial charge is 0.478 e. The van der Waals surface area contributed by atoms with Gasteiger partial charge >= 0.3 is 5.97 Å². The first kappa shape index (κ1) is 20.2. The number of aryl methyl sites for hydroxylation is 1. The third kappa shape index (κ3) is 3.31. The number of carboxylic acids is 1. The van der Waals surface area contributed by atoms with Gasteiger partial charge < -0.3 is 20.6 Å². The molecule has 2 saturated heterocycles. The predicted molar refractivity (Wildman–Crippen MR) is 122 cm³/mol. The molecule has 2 aromatic carbocycles. The van der Waals surface area contributed by atoms with Crippen LogP contribution in [0.5, 0.6) is 0 Å². The van der Waals surface area contributed by atoms with Gasteiger partial charge in [0, 0.05) is 36.4 Å². The monoisotopic (exact) mass is 428 g/mol. The maximum absolute atomic E-state index is 11.6. The molecule has 0 amide bonds. The molecule has 8 nitrogen and oxygen atoms in total. The number of anilines is 2. The summed E-state index contributed by atoms with van der Waals surface area (Å²) in [6.45, 7) is 5.72. The predicted octanol–water partition coefficient (Wildman–Crippen LogP) is 3.23. The Hall–Kier alpha value is -3.70. The van der Waals surface area contributed by atoms with Crippen molar-refractivity contribution in [2.45, 2.75) is 38.4 Å². The third-order valence-corrected chi connectivity index (χ3v) is 6.36. The summed E-state index contributed by atoms with van der Waals surface area (Å²) in [5.74, 6) is -0.334. The number of rotatable bonds is 5. The molecule has 0 spiro atoms. The quantitative estimate of drug-likeness (QED) is 0.568. The van der Waals surface area contributed by atoms with Crippen LogP contribution in [-0.4, -0.2) is 46.2 Å². The summed E-state index contributed by atoms with van der Waals surface area (Å²) in [4.78, 5) is 23.5. The number of fused-ring (bicyclic) bond motifs is 3. The summed E-state index contributed by atoms with van der Waals surface area (Å²) in [7, 11) is 0. The fraction of sp³-hybridized carbons (Fsp3) is 0.333. The topological polar surface area (TPSA) is 114 Å². The van der Waals surface area contributed by atoms with E-state index in [1.807, 2.05) is 32.0 Å². The first-order valence-electron chi connectivity index (χ1n) is 10.8. The number of para-hydroxylation sites is 1. The first-order chi connectivity index (χ1) is 15.5. The Morgan fingerprint density at radius 3 is 2.72 bits per heavy atom. The Balaban J connectivity index is 1.59. The fourth-order valence-electron chi connectivity index (χ4n) is 4.84. The van der Waals surface area contributed by atoms with Crippen LogP contribution in [0, 0.1) is 18.3 Å². The summed E-state index contributed by atoms with van der Waals surface area (Å²) in [5, 5.41) is 26.0. The molecule has 2 unspecified atom stereocenters. The number of hydrogen-bond acceptors (Lipinski definition) is 7. The van der Waals surface area contributed by atoms with Gasteiger partial charge in [0.15, 0.2) is 11.5 Å². The Morgan fingerprint density at radius 1 is 1.28 bits per heavy atom. The number of nitriles is 1. The summed E-state index contributed by atoms with van der Waals surface area (Å²) in [6, 6.07) is 13.5. The smallest absolute Gasteiger partial charge is 0.337 e. The molecule has 0 aliphatic carbocycles. The van der Waals surface area contributed by atoms with E-state index in [9.17, 15) is 15.2 Å². The van der Waals surface area contributed by atoms with Gasteiger partial charge in [-0.15, -0.1) is 0 Å². The number of aromatic carboxylic acids is 1. The molecule has 0 saturated carbocycles. The van der Waals surface area contributed by atoms with Crippen molar-refractivity contribution in [3.63, 3.8) is 0 Å². The van der Waals surface area contributed by atoms with E-state index < -0.39 is 5.97 Å². The molecule has 2 aliphatic rings. The highest BCUT2D eigenvalue weighted by molar-refractivity contribution is 5.94. The third-order valence-electron chi connectivity index (χ3n) is 6.36. The van der Waals surface area contributed by atoms with Crippen LogP contribution in [0.25, 0.3) is 11.0 Å². The number of piperazine rings is 1. The lowest BCUT2D eigenvalue weighted by molar-refractivity contribution is 0.0698. The second-order valence-electron chi connectivity index (χ2n) is 8.56. The van der Waals surface area contributed by atoms with Crippen LogP contribution in [0.4, 0.5) is 11.5 Å². The number of carboxylic acid groups (broad SMARTS) is 1. The molecule has 1 aromatic heterocycles. The minimum atomic E-state index is -0.979. The molecule has 32 heavy (non-hydrogen) atoms. The molecule has 3 heterocycles. The summed E-state index contributed by atoms with van der Waals surface area (Å²) >= 11 is 0. The van der Waals surface area contributed by atoms with Gasteiger partial charge in [0.25, 0.3) is 0 Å². The van der Waals surface area contributed by atoms with E-state index in [0.29, 0.717) is 34.8 Å². The highest BCUT2D eigenvalue weighted by Gasteiger charge is 2.43. The van der Waals surface area contributed by atoms with E-state index in [2.05, 4.69) is 26.6 Å². The lowest BCUT2D eigenvalue weighted by Gasteiger charge is -2.53. The molecule has 8 heteroatoms. The van der Waals surface area contributed by atoms with Crippen molar-refractivity contribution in [2.24, 2.45) is 0 Å². The highest BCUT2D eigenvalue weighted by atomic mass is 16.4. The van der Waals surface area contributed by atoms with Crippen molar-refractivity contribution in [1.82, 2.24) is 15.3 Å². The lowest BCUT2D eigenvalue weighted by Crippen LogP contribution is -2.68. The maximum Gasteiger partial charge on any atom is 0.337 e. The molecule has 0 radical (unpaired) electrons. The van der Waals surface area contributed by atoms with Crippen molar-refractivity contribution < 1.29 is 9.90 Å². The van der Waals surface area contributed by atoms with Gasteiger partial charge in [0.2, 0.25) is 0 Å². The van der Waals surface area contributed by atoms with Crippen molar-refractivity contribution >= 4 is 28.5 Å². The number of aromatic nitrogens is 2. The lowest BCUT2D eigenvalue weighted by atomic mass is 9.88. The average Bonchev–Trinajstić information content (AvgIpc) is 2.79. The molecule has 5 rings (SSSR count). The SMILES string of the molecule is Cc1cc([C@@H](C)Nc2ccccc2C(=O)O)c2nc(N3C4CNCC3C4)c(C#N)nc2c1. The Bertz CT molecular complexity index is 1250. The molecule has 2 aliphatic heterocycles. The zero-order valence-electron chi connectivity index (χ0n) is 18.0. The molecular formula is C24H24N6O2. The van der Waals surface area contributed by atoms with Crippen LogP contribution in [0.15, 0.2) is 36.4 Å². The van der Waals surface area contributed by atoms with Crippen molar-refractivity contribution in [2.75, 3.05) is 23.3 Å². The van der Waals surface area contributed by atoms with Crippen LogP contribution < -0.4 is 15.5 Å². The van der Waals surface area contributed by atoms with Gasteiger partial charge in [-0.1, -0.05) is 18.2 Å². The number of carbonyl (C=O) groups is 1. The molecule has 2 bridgehead atoms.